The van der Waals surface area contributed by atoms with Gasteiger partial charge in [-0.15, -0.1) is 10.2 Å². The highest BCUT2D eigenvalue weighted by Gasteiger charge is 2.24. The number of rotatable bonds is 2. The van der Waals surface area contributed by atoms with E-state index in [1.165, 1.54) is 11.3 Å². The highest BCUT2D eigenvalue weighted by molar-refractivity contribution is 7.14. The molecule has 2 amide bonds. The van der Waals surface area contributed by atoms with Gasteiger partial charge in [-0.25, -0.2) is 9.78 Å². The normalized spacial score (nSPS) is 18.0. The number of fused-ring (bicyclic) bond motifs is 1. The lowest BCUT2D eigenvalue weighted by atomic mass is 10.2. The van der Waals surface area contributed by atoms with Crippen LogP contribution >= 0.6 is 11.3 Å². The Kier molecular flexibility index (Phi) is 4.71. The molecule has 0 spiro atoms. The van der Waals surface area contributed by atoms with Gasteiger partial charge in [0.15, 0.2) is 0 Å². The number of carbonyl (C=O) groups excluding carboxylic acids is 1. The average Bonchev–Trinajstić information content (AvgIpc) is 3.09. The number of aryl methyl sites for hydroxylation is 1. The number of amides is 2. The predicted molar refractivity (Wildman–Crippen MR) is 106 cm³/mol. The molecule has 1 fully saturated rings. The number of aromatic nitrogens is 4. The topological polar surface area (TPSA) is 87.1 Å². The molecule has 0 aromatic carbocycles. The van der Waals surface area contributed by atoms with E-state index >= 15 is 0 Å². The summed E-state index contributed by atoms with van der Waals surface area (Å²) in [6.07, 6.45) is 3.44. The largest absolute Gasteiger partial charge is 0.323 e. The Hall–Kier alpha value is -2.65. The second-order valence-electron chi connectivity index (χ2n) is 6.82. The van der Waals surface area contributed by atoms with Gasteiger partial charge in [0.25, 0.3) is 0 Å². The number of pyridine rings is 2. The SMILES string of the molecule is Cc1nnc(-c2cnc3cnc(NC(=O)N4CCN(C)C(C)C4)cc3c2)s1. The van der Waals surface area contributed by atoms with Gasteiger partial charge < -0.3 is 9.80 Å². The monoisotopic (exact) mass is 383 g/mol. The van der Waals surface area contributed by atoms with Crippen molar-refractivity contribution in [2.45, 2.75) is 19.9 Å². The van der Waals surface area contributed by atoms with Gasteiger partial charge in [0.05, 0.1) is 11.7 Å². The van der Waals surface area contributed by atoms with Crippen LogP contribution < -0.4 is 5.32 Å². The fourth-order valence-corrected chi connectivity index (χ4v) is 3.72. The Labute approximate surface area is 161 Å². The number of likely N-dealkylation sites (N-methyl/N-ethyl adjacent to an activating group) is 1. The van der Waals surface area contributed by atoms with Crippen LogP contribution in [0.2, 0.25) is 0 Å². The molecule has 9 heteroatoms. The molecule has 0 bridgehead atoms. The van der Waals surface area contributed by atoms with E-state index in [4.69, 9.17) is 0 Å². The second kappa shape index (κ2) is 7.16. The van der Waals surface area contributed by atoms with Crippen LogP contribution in [0.4, 0.5) is 10.6 Å². The lowest BCUT2D eigenvalue weighted by Gasteiger charge is -2.37. The Morgan fingerprint density at radius 3 is 2.81 bits per heavy atom. The average molecular weight is 383 g/mol. The smallest absolute Gasteiger partial charge is 0.322 e. The number of carbonyl (C=O) groups is 1. The molecule has 1 aliphatic rings. The van der Waals surface area contributed by atoms with Crippen molar-refractivity contribution < 1.29 is 4.79 Å². The molecule has 8 nitrogen and oxygen atoms in total. The Morgan fingerprint density at radius 2 is 2.07 bits per heavy atom. The van der Waals surface area contributed by atoms with E-state index in [1.54, 1.807) is 12.4 Å². The quantitative estimate of drug-likeness (QED) is 0.732. The molecule has 0 aliphatic carbocycles. The Morgan fingerprint density at radius 1 is 1.22 bits per heavy atom. The summed E-state index contributed by atoms with van der Waals surface area (Å²) < 4.78 is 0. The first-order valence-electron chi connectivity index (χ1n) is 8.82. The molecule has 4 heterocycles. The maximum atomic E-state index is 12.6. The molecule has 1 N–H and O–H groups in total. The van der Waals surface area contributed by atoms with Gasteiger partial charge in [0, 0.05) is 42.8 Å². The van der Waals surface area contributed by atoms with Gasteiger partial charge in [-0.1, -0.05) is 11.3 Å². The van der Waals surface area contributed by atoms with Crippen LogP contribution in [0.3, 0.4) is 0 Å². The lowest BCUT2D eigenvalue weighted by Crippen LogP contribution is -2.53. The molecule has 1 atom stereocenters. The number of hydrogen-bond acceptors (Lipinski definition) is 7. The Bertz CT molecular complexity index is 989. The molecule has 3 aromatic heterocycles. The first kappa shape index (κ1) is 17.7. The molecule has 1 unspecified atom stereocenters. The number of piperazine rings is 1. The molecule has 0 radical (unpaired) electrons. The minimum absolute atomic E-state index is 0.120. The predicted octanol–water partition coefficient (Wildman–Crippen LogP) is 2.62. The van der Waals surface area contributed by atoms with E-state index in [0.717, 1.165) is 33.0 Å². The van der Waals surface area contributed by atoms with Crippen molar-refractivity contribution in [1.82, 2.24) is 30.0 Å². The number of nitrogens with one attached hydrogen (secondary N) is 1. The number of anilines is 1. The third-order valence-electron chi connectivity index (χ3n) is 4.82. The minimum Gasteiger partial charge on any atom is -0.322 e. The first-order valence-corrected chi connectivity index (χ1v) is 9.64. The zero-order chi connectivity index (χ0) is 19.0. The van der Waals surface area contributed by atoms with Crippen molar-refractivity contribution >= 4 is 34.1 Å². The number of hydrogen-bond donors (Lipinski definition) is 1. The van der Waals surface area contributed by atoms with E-state index < -0.39 is 0 Å². The summed E-state index contributed by atoms with van der Waals surface area (Å²) in [5, 5.41) is 13.8. The molecular formula is C18H21N7OS. The van der Waals surface area contributed by atoms with Crippen LogP contribution in [0, 0.1) is 6.92 Å². The van der Waals surface area contributed by atoms with Crippen LogP contribution in [0.25, 0.3) is 21.5 Å². The summed E-state index contributed by atoms with van der Waals surface area (Å²) in [6, 6.07) is 4.07. The summed E-state index contributed by atoms with van der Waals surface area (Å²) in [7, 11) is 2.08. The molecule has 4 rings (SSSR count). The van der Waals surface area contributed by atoms with Crippen LogP contribution in [-0.4, -0.2) is 68.7 Å². The van der Waals surface area contributed by atoms with E-state index in [-0.39, 0.29) is 6.03 Å². The van der Waals surface area contributed by atoms with E-state index in [9.17, 15) is 4.79 Å². The minimum atomic E-state index is -0.120. The molecule has 3 aromatic rings. The molecule has 0 saturated carbocycles. The van der Waals surface area contributed by atoms with E-state index in [0.29, 0.717) is 24.9 Å². The van der Waals surface area contributed by atoms with Crippen molar-refractivity contribution in [1.29, 1.82) is 0 Å². The van der Waals surface area contributed by atoms with Gasteiger partial charge in [-0.05, 0) is 33.0 Å². The van der Waals surface area contributed by atoms with Crippen molar-refractivity contribution in [2.24, 2.45) is 0 Å². The standard InChI is InChI=1S/C18H21N7OS/c1-11-10-25(5-4-24(11)3)18(26)21-16-7-13-6-14(8-19-15(13)9-20-16)17-23-22-12(2)27-17/h6-9,11H,4-5,10H2,1-3H3,(H,20,21,26). The maximum absolute atomic E-state index is 12.6. The van der Waals surface area contributed by atoms with Crippen molar-refractivity contribution in [2.75, 3.05) is 32.0 Å². The van der Waals surface area contributed by atoms with Crippen LogP contribution in [0.5, 0.6) is 0 Å². The van der Waals surface area contributed by atoms with Gasteiger partial charge in [0.1, 0.15) is 15.8 Å². The summed E-state index contributed by atoms with van der Waals surface area (Å²) in [5.74, 6) is 0.520. The van der Waals surface area contributed by atoms with Gasteiger partial charge in [-0.3, -0.25) is 10.3 Å². The van der Waals surface area contributed by atoms with E-state index in [2.05, 4.69) is 44.4 Å². The summed E-state index contributed by atoms with van der Waals surface area (Å²) >= 11 is 1.53. The molecule has 140 valence electrons. The third kappa shape index (κ3) is 3.74. The maximum Gasteiger partial charge on any atom is 0.323 e. The highest BCUT2D eigenvalue weighted by Crippen LogP contribution is 2.26. The van der Waals surface area contributed by atoms with Gasteiger partial charge >= 0.3 is 6.03 Å². The summed E-state index contributed by atoms with van der Waals surface area (Å²) in [5.41, 5.74) is 1.68. The third-order valence-corrected chi connectivity index (χ3v) is 5.71. The molecule has 27 heavy (non-hydrogen) atoms. The zero-order valence-corrected chi connectivity index (χ0v) is 16.3. The van der Waals surface area contributed by atoms with Crippen molar-refractivity contribution in [3.63, 3.8) is 0 Å². The first-order chi connectivity index (χ1) is 13.0. The lowest BCUT2D eigenvalue weighted by molar-refractivity contribution is 0.125. The van der Waals surface area contributed by atoms with Crippen molar-refractivity contribution in [3.05, 3.63) is 29.5 Å². The fourth-order valence-electron chi connectivity index (χ4n) is 3.05. The number of urea groups is 1. The molecule has 1 aliphatic heterocycles. The summed E-state index contributed by atoms with van der Waals surface area (Å²) in [6.45, 7) is 6.33. The number of nitrogens with zero attached hydrogens (tertiary/aromatic N) is 6. The van der Waals surface area contributed by atoms with Crippen LogP contribution in [0.15, 0.2) is 24.5 Å². The zero-order valence-electron chi connectivity index (χ0n) is 15.5. The Balaban J connectivity index is 1.54. The molecular weight excluding hydrogens is 362 g/mol. The second-order valence-corrected chi connectivity index (χ2v) is 8.00. The highest BCUT2D eigenvalue weighted by atomic mass is 32.1. The van der Waals surface area contributed by atoms with Gasteiger partial charge in [0.2, 0.25) is 0 Å². The van der Waals surface area contributed by atoms with Crippen LogP contribution in [0.1, 0.15) is 11.9 Å². The summed E-state index contributed by atoms with van der Waals surface area (Å²) in [4.78, 5) is 25.4. The van der Waals surface area contributed by atoms with Gasteiger partial charge in [-0.2, -0.15) is 0 Å². The van der Waals surface area contributed by atoms with E-state index in [1.807, 2.05) is 24.0 Å². The molecule has 1 saturated heterocycles. The fraction of sp³-hybridized carbons (Fsp3) is 0.389. The van der Waals surface area contributed by atoms with Crippen LogP contribution in [-0.2, 0) is 0 Å². The van der Waals surface area contributed by atoms with Crippen molar-refractivity contribution in [3.8, 4) is 10.6 Å².